The van der Waals surface area contributed by atoms with E-state index in [9.17, 15) is 13.2 Å². The van der Waals surface area contributed by atoms with Crippen molar-refractivity contribution < 1.29 is 13.2 Å². The molecule has 1 amide bonds. The first kappa shape index (κ1) is 15.4. The predicted octanol–water partition coefficient (Wildman–Crippen LogP) is 1.59. The summed E-state index contributed by atoms with van der Waals surface area (Å²) in [4.78, 5) is 11.6. The van der Waals surface area contributed by atoms with E-state index in [1.54, 1.807) is 0 Å². The Morgan fingerprint density at radius 1 is 1.50 bits per heavy atom. The first-order valence-corrected chi connectivity index (χ1v) is 8.10. The number of rotatable bonds is 6. The van der Waals surface area contributed by atoms with Gasteiger partial charge in [0.05, 0.1) is 10.4 Å². The Morgan fingerprint density at radius 2 is 2.17 bits per heavy atom. The van der Waals surface area contributed by atoms with Crippen LogP contribution < -0.4 is 10.0 Å². The molecule has 0 aromatic carbocycles. The standard InChI is InChI=1S/C10H15ClN2O3S2/c1-3-6-12-10(14)7(2)13-18(15,16)9-5-4-8(11)17-9/h4-5,7,13H,3,6H2,1-2H3,(H,12,14)/t7-/m0/s1. The van der Waals surface area contributed by atoms with Gasteiger partial charge < -0.3 is 5.32 Å². The largest absolute Gasteiger partial charge is 0.355 e. The molecule has 0 radical (unpaired) electrons. The molecule has 0 spiro atoms. The van der Waals surface area contributed by atoms with Crippen LogP contribution >= 0.6 is 22.9 Å². The molecular weight excluding hydrogens is 296 g/mol. The van der Waals surface area contributed by atoms with Gasteiger partial charge in [0, 0.05) is 6.54 Å². The van der Waals surface area contributed by atoms with Crippen LogP contribution in [0.1, 0.15) is 20.3 Å². The van der Waals surface area contributed by atoms with E-state index in [2.05, 4.69) is 10.0 Å². The second kappa shape index (κ2) is 6.51. The van der Waals surface area contributed by atoms with Crippen LogP contribution in [0.25, 0.3) is 0 Å². The molecule has 0 fully saturated rings. The van der Waals surface area contributed by atoms with E-state index >= 15 is 0 Å². The van der Waals surface area contributed by atoms with Gasteiger partial charge in [0.15, 0.2) is 0 Å². The molecule has 1 atom stereocenters. The van der Waals surface area contributed by atoms with Gasteiger partial charge in [-0.3, -0.25) is 4.79 Å². The minimum absolute atomic E-state index is 0.0997. The Balaban J connectivity index is 2.69. The molecule has 0 saturated heterocycles. The molecule has 8 heteroatoms. The molecule has 0 aliphatic heterocycles. The van der Waals surface area contributed by atoms with Crippen molar-refractivity contribution in [3.05, 3.63) is 16.5 Å². The van der Waals surface area contributed by atoms with E-state index < -0.39 is 16.1 Å². The number of thiophene rings is 1. The number of amides is 1. The predicted molar refractivity (Wildman–Crippen MR) is 72.4 cm³/mol. The SMILES string of the molecule is CCCNC(=O)[C@H](C)NS(=O)(=O)c1ccc(Cl)s1. The highest BCUT2D eigenvalue weighted by atomic mass is 35.5. The molecule has 1 aromatic heterocycles. The summed E-state index contributed by atoms with van der Waals surface area (Å²) in [5, 5.41) is 2.62. The minimum Gasteiger partial charge on any atom is -0.355 e. The monoisotopic (exact) mass is 310 g/mol. The van der Waals surface area contributed by atoms with Crippen molar-refractivity contribution in [3.8, 4) is 0 Å². The van der Waals surface area contributed by atoms with Gasteiger partial charge in [-0.15, -0.1) is 11.3 Å². The van der Waals surface area contributed by atoms with Crippen LogP contribution in [0, 0.1) is 0 Å². The number of hydrogen-bond acceptors (Lipinski definition) is 4. The van der Waals surface area contributed by atoms with Crippen molar-refractivity contribution in [2.45, 2.75) is 30.5 Å². The average molecular weight is 311 g/mol. The van der Waals surface area contributed by atoms with Crippen molar-refractivity contribution in [3.63, 3.8) is 0 Å². The third-order valence-corrected chi connectivity index (χ3v) is 5.35. The fraction of sp³-hybridized carbons (Fsp3) is 0.500. The first-order chi connectivity index (χ1) is 8.36. The lowest BCUT2D eigenvalue weighted by atomic mass is 10.3. The van der Waals surface area contributed by atoms with Gasteiger partial charge in [0.1, 0.15) is 4.21 Å². The van der Waals surface area contributed by atoms with Gasteiger partial charge in [-0.2, -0.15) is 4.72 Å². The van der Waals surface area contributed by atoms with Gasteiger partial charge in [0.25, 0.3) is 10.0 Å². The fourth-order valence-electron chi connectivity index (χ4n) is 1.19. The minimum atomic E-state index is -3.69. The maximum atomic E-state index is 11.9. The lowest BCUT2D eigenvalue weighted by molar-refractivity contribution is -0.122. The molecule has 2 N–H and O–H groups in total. The molecular formula is C10H15ClN2O3S2. The third kappa shape index (κ3) is 4.24. The average Bonchev–Trinajstić information content (AvgIpc) is 2.72. The topological polar surface area (TPSA) is 75.3 Å². The number of halogens is 1. The summed E-state index contributed by atoms with van der Waals surface area (Å²) >= 11 is 6.63. The van der Waals surface area contributed by atoms with E-state index in [0.29, 0.717) is 10.9 Å². The van der Waals surface area contributed by atoms with Crippen molar-refractivity contribution in [1.82, 2.24) is 10.0 Å². The molecule has 0 aliphatic carbocycles. The number of nitrogens with one attached hydrogen (secondary N) is 2. The fourth-order valence-corrected chi connectivity index (χ4v) is 3.89. The van der Waals surface area contributed by atoms with Crippen LogP contribution in [-0.2, 0) is 14.8 Å². The zero-order valence-electron chi connectivity index (χ0n) is 10.1. The molecule has 0 unspecified atom stereocenters. The Labute approximate surface area is 116 Å². The lowest BCUT2D eigenvalue weighted by Gasteiger charge is -2.13. The Morgan fingerprint density at radius 3 is 2.67 bits per heavy atom. The molecule has 5 nitrogen and oxygen atoms in total. The number of carbonyl (C=O) groups is 1. The van der Waals surface area contributed by atoms with Gasteiger partial charge in [-0.05, 0) is 25.5 Å². The molecule has 0 aliphatic rings. The normalized spacial score (nSPS) is 13.3. The molecule has 1 aromatic rings. The summed E-state index contributed by atoms with van der Waals surface area (Å²) in [6, 6.07) is 2.09. The van der Waals surface area contributed by atoms with Gasteiger partial charge >= 0.3 is 0 Å². The van der Waals surface area contributed by atoms with Gasteiger partial charge in [-0.25, -0.2) is 8.42 Å². The zero-order valence-corrected chi connectivity index (χ0v) is 12.5. The number of carbonyl (C=O) groups excluding carboxylic acids is 1. The second-order valence-corrected chi connectivity index (χ2v) is 7.35. The van der Waals surface area contributed by atoms with Crippen LogP contribution in [0.4, 0.5) is 0 Å². The molecule has 0 saturated carbocycles. The van der Waals surface area contributed by atoms with E-state index in [1.807, 2.05) is 6.92 Å². The molecule has 102 valence electrons. The van der Waals surface area contributed by atoms with Crippen molar-refractivity contribution >= 4 is 38.9 Å². The Hall–Kier alpha value is -0.630. The quantitative estimate of drug-likeness (QED) is 0.838. The van der Waals surface area contributed by atoms with Crippen LogP contribution in [0.3, 0.4) is 0 Å². The highest BCUT2D eigenvalue weighted by Gasteiger charge is 2.22. The molecule has 0 bridgehead atoms. The Kier molecular flexibility index (Phi) is 5.58. The van der Waals surface area contributed by atoms with E-state index in [-0.39, 0.29) is 10.1 Å². The van der Waals surface area contributed by atoms with Gasteiger partial charge in [0.2, 0.25) is 5.91 Å². The molecule has 18 heavy (non-hydrogen) atoms. The summed E-state index contributed by atoms with van der Waals surface area (Å²) in [6.07, 6.45) is 0.797. The first-order valence-electron chi connectivity index (χ1n) is 5.42. The summed E-state index contributed by atoms with van der Waals surface area (Å²) in [5.74, 6) is -0.344. The number of hydrogen-bond donors (Lipinski definition) is 2. The van der Waals surface area contributed by atoms with Crippen LogP contribution in [-0.4, -0.2) is 26.9 Å². The van der Waals surface area contributed by atoms with Crippen molar-refractivity contribution in [1.29, 1.82) is 0 Å². The van der Waals surface area contributed by atoms with Crippen LogP contribution in [0.2, 0.25) is 4.34 Å². The zero-order chi connectivity index (χ0) is 13.8. The van der Waals surface area contributed by atoms with Crippen LogP contribution in [0.15, 0.2) is 16.3 Å². The highest BCUT2D eigenvalue weighted by Crippen LogP contribution is 2.25. The van der Waals surface area contributed by atoms with Crippen molar-refractivity contribution in [2.24, 2.45) is 0 Å². The summed E-state index contributed by atoms with van der Waals surface area (Å²) in [5.41, 5.74) is 0. The van der Waals surface area contributed by atoms with E-state index in [0.717, 1.165) is 17.8 Å². The second-order valence-electron chi connectivity index (χ2n) is 3.69. The smallest absolute Gasteiger partial charge is 0.250 e. The number of sulfonamides is 1. The summed E-state index contributed by atoms with van der Waals surface area (Å²) in [7, 11) is -3.69. The molecule has 1 rings (SSSR count). The lowest BCUT2D eigenvalue weighted by Crippen LogP contribution is -2.44. The van der Waals surface area contributed by atoms with E-state index in [4.69, 9.17) is 11.6 Å². The van der Waals surface area contributed by atoms with Crippen molar-refractivity contribution in [2.75, 3.05) is 6.54 Å². The van der Waals surface area contributed by atoms with Crippen LogP contribution in [0.5, 0.6) is 0 Å². The van der Waals surface area contributed by atoms with E-state index in [1.165, 1.54) is 19.1 Å². The Bertz CT molecular complexity index is 513. The maximum Gasteiger partial charge on any atom is 0.250 e. The summed E-state index contributed by atoms with van der Waals surface area (Å²) in [6.45, 7) is 3.94. The summed E-state index contributed by atoms with van der Waals surface area (Å²) < 4.78 is 26.6. The third-order valence-electron chi connectivity index (χ3n) is 2.09. The maximum absolute atomic E-state index is 11.9. The van der Waals surface area contributed by atoms with Gasteiger partial charge in [-0.1, -0.05) is 18.5 Å². The highest BCUT2D eigenvalue weighted by molar-refractivity contribution is 7.91. The molecule has 1 heterocycles.